The molecule has 6 heteroatoms. The molecule has 1 fully saturated rings. The largest absolute Gasteiger partial charge is 0.369 e. The van der Waals surface area contributed by atoms with Gasteiger partial charge in [0, 0.05) is 12.2 Å². The first-order valence-electron chi connectivity index (χ1n) is 10.4. The number of hydrogen-bond donors (Lipinski definition) is 2. The Balaban J connectivity index is 1.62. The Morgan fingerprint density at radius 1 is 1.13 bits per heavy atom. The normalized spacial score (nSPS) is 19.4. The summed E-state index contributed by atoms with van der Waals surface area (Å²) in [6.45, 7) is 2.06. The summed E-state index contributed by atoms with van der Waals surface area (Å²) in [6, 6.07) is 12.1. The average molecular weight is 416 g/mol. The third-order valence-corrected chi connectivity index (χ3v) is 5.58. The molecule has 1 aliphatic carbocycles. The summed E-state index contributed by atoms with van der Waals surface area (Å²) in [5.74, 6) is 0.834. The molecule has 1 aromatic carbocycles. The van der Waals surface area contributed by atoms with Crippen LogP contribution in [0.5, 0.6) is 0 Å². The Kier molecular flexibility index (Phi) is 7.94. The fourth-order valence-corrected chi connectivity index (χ4v) is 3.95. The summed E-state index contributed by atoms with van der Waals surface area (Å²) < 4.78 is 39.5. The third kappa shape index (κ3) is 6.37. The predicted octanol–water partition coefficient (Wildman–Crippen LogP) is 6.77. The van der Waals surface area contributed by atoms with Gasteiger partial charge in [-0.15, -0.1) is 0 Å². The number of aromatic nitrogens is 2. The number of allylic oxidation sites excluding steroid dienone is 2. The van der Waals surface area contributed by atoms with Crippen LogP contribution in [0.2, 0.25) is 0 Å². The second-order valence-electron chi connectivity index (χ2n) is 7.63. The lowest BCUT2D eigenvalue weighted by atomic mass is 9.79. The molecular weight excluding hydrogens is 387 g/mol. The summed E-state index contributed by atoms with van der Waals surface area (Å²) in [6.07, 6.45) is 7.00. The highest BCUT2D eigenvalue weighted by Crippen LogP contribution is 2.33. The number of anilines is 1. The van der Waals surface area contributed by atoms with Crippen LogP contribution < -0.4 is 5.32 Å². The van der Waals surface area contributed by atoms with Crippen molar-refractivity contribution in [1.29, 1.82) is 0 Å². The monoisotopic (exact) mass is 415 g/mol. The molecule has 0 unspecified atom stereocenters. The first-order chi connectivity index (χ1) is 14.5. The summed E-state index contributed by atoms with van der Waals surface area (Å²) >= 11 is 0. The van der Waals surface area contributed by atoms with E-state index in [2.05, 4.69) is 28.3 Å². The lowest BCUT2D eigenvalue weighted by Crippen LogP contribution is -2.27. The van der Waals surface area contributed by atoms with Crippen LogP contribution >= 0.6 is 0 Å². The maximum Gasteiger partial charge on any atom is 0.279 e. The van der Waals surface area contributed by atoms with Crippen LogP contribution in [0.15, 0.2) is 66.5 Å². The molecule has 0 bridgehead atoms. The Morgan fingerprint density at radius 3 is 2.53 bits per heavy atom. The quantitative estimate of drug-likeness (QED) is 0.511. The van der Waals surface area contributed by atoms with Gasteiger partial charge in [-0.2, -0.15) is 0 Å². The molecule has 0 amide bonds. The molecule has 2 aromatic rings. The van der Waals surface area contributed by atoms with E-state index in [9.17, 15) is 13.2 Å². The fraction of sp³-hybridized carbons (Fsp3) is 0.375. The predicted molar refractivity (Wildman–Crippen MR) is 114 cm³/mol. The van der Waals surface area contributed by atoms with Gasteiger partial charge < -0.3 is 10.3 Å². The summed E-state index contributed by atoms with van der Waals surface area (Å²) in [4.78, 5) is 6.63. The molecular formula is C24H28F3N3. The highest BCUT2D eigenvalue weighted by atomic mass is 19.3. The van der Waals surface area contributed by atoms with E-state index in [4.69, 9.17) is 0 Å². The van der Waals surface area contributed by atoms with Crippen LogP contribution in [0.25, 0.3) is 0 Å². The zero-order chi connectivity index (χ0) is 21.3. The van der Waals surface area contributed by atoms with E-state index in [1.165, 1.54) is 23.9 Å². The number of H-pyrrole nitrogens is 1. The molecule has 0 atom stereocenters. The smallest absolute Gasteiger partial charge is 0.279 e. The first-order valence-corrected chi connectivity index (χ1v) is 10.4. The molecule has 3 rings (SSSR count). The minimum atomic E-state index is -2.62. The van der Waals surface area contributed by atoms with Crippen molar-refractivity contribution in [3.63, 3.8) is 0 Å². The topological polar surface area (TPSA) is 40.7 Å². The standard InChI is InChI=1S/C24H28F3N3/c1-2-18(15-17-6-10-20(25)11-7-17)19-8-12-21(13-9-19)29-23-5-3-4-14-28-16-22(30-23)24(26)27/h2-7,10-11,14,16,19,21,24,29-30H,8-9,12-13,15H2,1H3/b4-3?,18-2+,22-16?,23-5?,28-14?. The van der Waals surface area contributed by atoms with E-state index >= 15 is 0 Å². The maximum absolute atomic E-state index is 13.2. The minimum absolute atomic E-state index is 0.216. The molecule has 1 heterocycles. The van der Waals surface area contributed by atoms with E-state index in [0.29, 0.717) is 11.7 Å². The lowest BCUT2D eigenvalue weighted by Gasteiger charge is -2.31. The lowest BCUT2D eigenvalue weighted by molar-refractivity contribution is 0.146. The van der Waals surface area contributed by atoms with Crippen molar-refractivity contribution in [3.8, 4) is 0 Å². The minimum Gasteiger partial charge on any atom is -0.369 e. The molecule has 1 saturated carbocycles. The number of aromatic amines is 1. The van der Waals surface area contributed by atoms with Gasteiger partial charge in [0.25, 0.3) is 6.43 Å². The van der Waals surface area contributed by atoms with Crippen molar-refractivity contribution in [2.24, 2.45) is 5.92 Å². The molecule has 160 valence electrons. The second kappa shape index (κ2) is 10.9. The van der Waals surface area contributed by atoms with Crippen LogP contribution in [-0.2, 0) is 6.42 Å². The molecule has 0 spiro atoms. The number of rotatable bonds is 6. The number of nitrogens with zero attached hydrogens (tertiary/aromatic N) is 1. The number of nitrogens with one attached hydrogen (secondary N) is 2. The SMILES string of the molecule is C/C=C(\Cc1ccc(F)cc1)C1CCC(Nc2ccccncc(C(F)F)[nH]2)CC1. The Labute approximate surface area is 175 Å². The van der Waals surface area contributed by atoms with Crippen molar-refractivity contribution in [2.45, 2.75) is 51.5 Å². The van der Waals surface area contributed by atoms with Gasteiger partial charge in [-0.3, -0.25) is 4.98 Å². The van der Waals surface area contributed by atoms with Crippen LogP contribution in [0, 0.1) is 11.7 Å². The number of alkyl halides is 2. The van der Waals surface area contributed by atoms with Gasteiger partial charge in [0.2, 0.25) is 0 Å². The van der Waals surface area contributed by atoms with Crippen LogP contribution in [0.1, 0.15) is 50.3 Å². The Morgan fingerprint density at radius 2 is 1.87 bits per heavy atom. The van der Waals surface area contributed by atoms with Gasteiger partial charge in [0.05, 0.1) is 6.20 Å². The summed E-state index contributed by atoms with van der Waals surface area (Å²) in [7, 11) is 0. The van der Waals surface area contributed by atoms with Crippen molar-refractivity contribution in [2.75, 3.05) is 5.32 Å². The van der Waals surface area contributed by atoms with E-state index < -0.39 is 6.43 Å². The highest BCUT2D eigenvalue weighted by Gasteiger charge is 2.23. The zero-order valence-corrected chi connectivity index (χ0v) is 17.1. The maximum atomic E-state index is 13.2. The average Bonchev–Trinajstić information content (AvgIpc) is 2.86. The van der Waals surface area contributed by atoms with Gasteiger partial charge >= 0.3 is 0 Å². The number of hydrogen-bond acceptors (Lipinski definition) is 2. The van der Waals surface area contributed by atoms with Crippen LogP contribution in [0.3, 0.4) is 0 Å². The van der Waals surface area contributed by atoms with Gasteiger partial charge in [-0.1, -0.05) is 29.8 Å². The number of halogens is 3. The molecule has 0 aliphatic heterocycles. The van der Waals surface area contributed by atoms with E-state index in [0.717, 1.165) is 43.9 Å². The summed E-state index contributed by atoms with van der Waals surface area (Å²) in [5.41, 5.74) is 2.27. The fourth-order valence-electron chi connectivity index (χ4n) is 3.95. The zero-order valence-electron chi connectivity index (χ0n) is 17.1. The molecule has 0 radical (unpaired) electrons. The van der Waals surface area contributed by atoms with E-state index in [-0.39, 0.29) is 17.6 Å². The van der Waals surface area contributed by atoms with Crippen molar-refractivity contribution >= 4 is 5.82 Å². The third-order valence-electron chi connectivity index (χ3n) is 5.58. The number of benzene rings is 1. The van der Waals surface area contributed by atoms with Gasteiger partial charge in [0.15, 0.2) is 0 Å². The van der Waals surface area contributed by atoms with Gasteiger partial charge in [-0.05, 0) is 74.8 Å². The van der Waals surface area contributed by atoms with Gasteiger partial charge in [-0.25, -0.2) is 13.2 Å². The molecule has 0 saturated heterocycles. The van der Waals surface area contributed by atoms with Crippen LogP contribution in [0.4, 0.5) is 19.0 Å². The molecule has 3 nitrogen and oxygen atoms in total. The van der Waals surface area contributed by atoms with Crippen molar-refractivity contribution in [1.82, 2.24) is 9.97 Å². The van der Waals surface area contributed by atoms with Crippen molar-refractivity contribution in [3.05, 3.63) is 83.6 Å². The van der Waals surface area contributed by atoms with E-state index in [1.807, 2.05) is 12.1 Å². The van der Waals surface area contributed by atoms with Crippen LogP contribution in [-0.4, -0.2) is 16.0 Å². The highest BCUT2D eigenvalue weighted by molar-refractivity contribution is 5.35. The Hall–Kier alpha value is -2.76. The molecule has 1 aliphatic rings. The van der Waals surface area contributed by atoms with Gasteiger partial charge in [0.1, 0.15) is 17.3 Å². The van der Waals surface area contributed by atoms with E-state index in [1.54, 1.807) is 18.2 Å². The summed E-state index contributed by atoms with van der Waals surface area (Å²) in [5, 5.41) is 3.38. The molecule has 2 N–H and O–H groups in total. The molecule has 30 heavy (non-hydrogen) atoms. The second-order valence-corrected chi connectivity index (χ2v) is 7.63. The first kappa shape index (κ1) is 21.9. The van der Waals surface area contributed by atoms with Crippen molar-refractivity contribution < 1.29 is 13.2 Å². The molecule has 1 aromatic heterocycles. The Bertz CT molecular complexity index is 881.